The molecule has 0 aromatic carbocycles. The topological polar surface area (TPSA) is 15.6 Å². The molecular weight excluding hydrogens is 124 g/mol. The molecule has 0 aromatic heterocycles. The highest BCUT2D eigenvalue weighted by molar-refractivity contribution is 5.68. The molecule has 0 N–H and O–H groups in total. The van der Waals surface area contributed by atoms with E-state index in [0.29, 0.717) is 0 Å². The number of nitrogens with zero attached hydrogens (tertiary/aromatic N) is 2. The Balaban J connectivity index is 2.69. The van der Waals surface area contributed by atoms with Gasteiger partial charge >= 0.3 is 0 Å². The molecule has 0 amide bonds. The normalized spacial score (nSPS) is 31.3. The molecule has 0 radical (unpaired) electrons. The first-order chi connectivity index (χ1) is 4.66. The third-order valence-electron chi connectivity index (χ3n) is 1.97. The van der Waals surface area contributed by atoms with Gasteiger partial charge in [0, 0.05) is 24.9 Å². The van der Waals surface area contributed by atoms with Gasteiger partial charge in [-0.2, -0.15) is 5.10 Å². The highest BCUT2D eigenvalue weighted by atomic mass is 15.4. The van der Waals surface area contributed by atoms with E-state index in [1.54, 1.807) is 0 Å². The Hall–Kier alpha value is -0.790. The second-order valence-corrected chi connectivity index (χ2v) is 2.99. The van der Waals surface area contributed by atoms with E-state index < -0.39 is 0 Å². The van der Waals surface area contributed by atoms with Gasteiger partial charge in [0.25, 0.3) is 0 Å². The van der Waals surface area contributed by atoms with E-state index >= 15 is 0 Å². The highest BCUT2D eigenvalue weighted by Gasteiger charge is 2.17. The van der Waals surface area contributed by atoms with Crippen LogP contribution in [-0.2, 0) is 0 Å². The Labute approximate surface area is 62.2 Å². The maximum Gasteiger partial charge on any atom is 0.0346 e. The van der Waals surface area contributed by atoms with Crippen LogP contribution in [0.15, 0.2) is 17.4 Å². The lowest BCUT2D eigenvalue weighted by molar-refractivity contribution is 0.443. The van der Waals surface area contributed by atoms with Crippen LogP contribution in [0.1, 0.15) is 20.3 Å². The van der Waals surface area contributed by atoms with Gasteiger partial charge in [-0.05, 0) is 6.42 Å². The minimum atomic E-state index is 0.187. The highest BCUT2D eigenvalue weighted by Crippen LogP contribution is 2.22. The Morgan fingerprint density at radius 2 is 2.30 bits per heavy atom. The van der Waals surface area contributed by atoms with Crippen LogP contribution < -0.4 is 0 Å². The summed E-state index contributed by atoms with van der Waals surface area (Å²) >= 11 is 0. The van der Waals surface area contributed by atoms with Crippen molar-refractivity contribution in [3.63, 3.8) is 0 Å². The Bertz CT molecular complexity index is 156. The lowest BCUT2D eigenvalue weighted by Crippen LogP contribution is -2.20. The summed E-state index contributed by atoms with van der Waals surface area (Å²) in [4.78, 5) is 0. The van der Waals surface area contributed by atoms with Gasteiger partial charge in [0.15, 0.2) is 0 Å². The van der Waals surface area contributed by atoms with Crippen LogP contribution in [0.3, 0.4) is 0 Å². The second kappa shape index (κ2) is 2.45. The van der Waals surface area contributed by atoms with Gasteiger partial charge < -0.3 is 0 Å². The molecule has 0 aromatic rings. The molecule has 0 spiro atoms. The molecule has 0 bridgehead atoms. The minimum Gasteiger partial charge on any atom is -0.276 e. The molecule has 56 valence electrons. The van der Waals surface area contributed by atoms with Gasteiger partial charge in [-0.1, -0.05) is 19.9 Å². The van der Waals surface area contributed by atoms with E-state index in [2.05, 4.69) is 25.0 Å². The summed E-state index contributed by atoms with van der Waals surface area (Å²) in [7, 11) is 1.93. The fraction of sp³-hybridized carbons (Fsp3) is 0.625. The van der Waals surface area contributed by atoms with Crippen molar-refractivity contribution in [2.24, 2.45) is 10.5 Å². The fourth-order valence-corrected chi connectivity index (χ4v) is 0.792. The summed E-state index contributed by atoms with van der Waals surface area (Å²) in [6.07, 6.45) is 7.29. The molecule has 2 nitrogen and oxygen atoms in total. The second-order valence-electron chi connectivity index (χ2n) is 2.99. The van der Waals surface area contributed by atoms with E-state index in [1.807, 2.05) is 24.5 Å². The summed E-state index contributed by atoms with van der Waals surface area (Å²) in [6.45, 7) is 4.35. The summed E-state index contributed by atoms with van der Waals surface area (Å²) in [5.41, 5.74) is 0.187. The number of hydrogen-bond acceptors (Lipinski definition) is 2. The first-order valence-electron chi connectivity index (χ1n) is 3.63. The van der Waals surface area contributed by atoms with Crippen molar-refractivity contribution in [1.29, 1.82) is 0 Å². The van der Waals surface area contributed by atoms with Gasteiger partial charge in [-0.3, -0.25) is 5.01 Å². The molecule has 1 heterocycles. The van der Waals surface area contributed by atoms with Crippen molar-refractivity contribution in [2.75, 3.05) is 7.05 Å². The lowest BCUT2D eigenvalue weighted by atomic mass is 9.89. The molecule has 1 aliphatic heterocycles. The van der Waals surface area contributed by atoms with Crippen molar-refractivity contribution < 1.29 is 0 Å². The molecule has 2 heteroatoms. The zero-order chi connectivity index (χ0) is 7.61. The van der Waals surface area contributed by atoms with Crippen molar-refractivity contribution in [2.45, 2.75) is 20.3 Å². The first kappa shape index (κ1) is 7.32. The SMILES string of the molecule is CCC1(C)C=CN(C)N=C1. The molecule has 0 saturated heterocycles. The maximum atomic E-state index is 4.18. The number of rotatable bonds is 1. The van der Waals surface area contributed by atoms with Crippen LogP contribution in [0.2, 0.25) is 0 Å². The quantitative estimate of drug-likeness (QED) is 0.540. The van der Waals surface area contributed by atoms with Crippen molar-refractivity contribution >= 4 is 6.21 Å². The predicted molar refractivity (Wildman–Crippen MR) is 43.8 cm³/mol. The van der Waals surface area contributed by atoms with Gasteiger partial charge in [-0.25, -0.2) is 0 Å². The van der Waals surface area contributed by atoms with Crippen LogP contribution >= 0.6 is 0 Å². The average molecular weight is 138 g/mol. The molecule has 0 aliphatic carbocycles. The Kier molecular flexibility index (Phi) is 1.79. The third-order valence-corrected chi connectivity index (χ3v) is 1.97. The van der Waals surface area contributed by atoms with Gasteiger partial charge in [0.05, 0.1) is 0 Å². The van der Waals surface area contributed by atoms with Crippen LogP contribution in [0.4, 0.5) is 0 Å². The van der Waals surface area contributed by atoms with Gasteiger partial charge in [0.1, 0.15) is 0 Å². The van der Waals surface area contributed by atoms with Crippen LogP contribution in [0.5, 0.6) is 0 Å². The standard InChI is InChI=1S/C8H14N2/c1-4-8(2)5-6-10(3)9-7-8/h5-7H,4H2,1-3H3. The maximum absolute atomic E-state index is 4.18. The summed E-state index contributed by atoms with van der Waals surface area (Å²) in [5, 5.41) is 5.99. The third kappa shape index (κ3) is 1.38. The number of hydrogen-bond donors (Lipinski definition) is 0. The first-order valence-corrected chi connectivity index (χ1v) is 3.63. The van der Waals surface area contributed by atoms with E-state index in [9.17, 15) is 0 Å². The van der Waals surface area contributed by atoms with E-state index in [-0.39, 0.29) is 5.41 Å². The monoisotopic (exact) mass is 138 g/mol. The molecule has 0 saturated carbocycles. The number of hydrazone groups is 1. The predicted octanol–water partition coefficient (Wildman–Crippen LogP) is 1.85. The molecule has 0 fully saturated rings. The van der Waals surface area contributed by atoms with Gasteiger partial charge in [-0.15, -0.1) is 0 Å². The van der Waals surface area contributed by atoms with E-state index in [0.717, 1.165) is 6.42 Å². The minimum absolute atomic E-state index is 0.187. The number of allylic oxidation sites excluding steroid dienone is 1. The zero-order valence-electron chi connectivity index (χ0n) is 6.83. The largest absolute Gasteiger partial charge is 0.276 e. The van der Waals surface area contributed by atoms with E-state index in [1.165, 1.54) is 0 Å². The van der Waals surface area contributed by atoms with E-state index in [4.69, 9.17) is 0 Å². The molecule has 1 unspecified atom stereocenters. The van der Waals surface area contributed by atoms with Crippen molar-refractivity contribution in [1.82, 2.24) is 5.01 Å². The smallest absolute Gasteiger partial charge is 0.0346 e. The Morgan fingerprint density at radius 3 is 2.70 bits per heavy atom. The summed E-state index contributed by atoms with van der Waals surface area (Å²) in [6, 6.07) is 0. The molecule has 10 heavy (non-hydrogen) atoms. The molecule has 1 atom stereocenters. The molecular formula is C8H14N2. The van der Waals surface area contributed by atoms with Crippen molar-refractivity contribution in [3.05, 3.63) is 12.3 Å². The summed E-state index contributed by atoms with van der Waals surface area (Å²) < 4.78 is 0. The summed E-state index contributed by atoms with van der Waals surface area (Å²) in [5.74, 6) is 0. The van der Waals surface area contributed by atoms with Crippen LogP contribution in [0, 0.1) is 5.41 Å². The molecule has 1 rings (SSSR count). The van der Waals surface area contributed by atoms with Crippen molar-refractivity contribution in [3.8, 4) is 0 Å². The van der Waals surface area contributed by atoms with Gasteiger partial charge in [0.2, 0.25) is 0 Å². The zero-order valence-corrected chi connectivity index (χ0v) is 6.83. The average Bonchev–Trinajstić information content (AvgIpc) is 1.96. The lowest BCUT2D eigenvalue weighted by Gasteiger charge is -2.24. The molecule has 1 aliphatic rings. The van der Waals surface area contributed by atoms with Crippen LogP contribution in [0.25, 0.3) is 0 Å². The van der Waals surface area contributed by atoms with Crippen LogP contribution in [-0.4, -0.2) is 18.3 Å². The Morgan fingerprint density at radius 1 is 1.60 bits per heavy atom. The fourth-order valence-electron chi connectivity index (χ4n) is 0.792.